The summed E-state index contributed by atoms with van der Waals surface area (Å²) in [5.41, 5.74) is 1.19. The summed E-state index contributed by atoms with van der Waals surface area (Å²) in [5.74, 6) is 5.66. The minimum Gasteiger partial charge on any atom is -0.393 e. The SMILES string of the molecule is CC(C)CCCCC1CCC2C3CCC4CC(O)CC[C@]4(C)C3CCC12C. The van der Waals surface area contributed by atoms with E-state index in [0.717, 1.165) is 48.3 Å². The lowest BCUT2D eigenvalue weighted by molar-refractivity contribution is -0.127. The van der Waals surface area contributed by atoms with Crippen molar-refractivity contribution >= 4 is 0 Å². The van der Waals surface area contributed by atoms with Crippen molar-refractivity contribution < 1.29 is 5.11 Å². The van der Waals surface area contributed by atoms with E-state index in [-0.39, 0.29) is 6.10 Å². The predicted molar refractivity (Wildman–Crippen MR) is 115 cm³/mol. The van der Waals surface area contributed by atoms with Gasteiger partial charge in [0.05, 0.1) is 6.10 Å². The zero-order valence-electron chi connectivity index (χ0n) is 18.7. The molecule has 156 valence electrons. The summed E-state index contributed by atoms with van der Waals surface area (Å²) in [4.78, 5) is 0. The predicted octanol–water partition coefficient (Wildman–Crippen LogP) is 7.22. The second-order valence-electron chi connectivity index (χ2n) is 12.1. The molecule has 4 fully saturated rings. The van der Waals surface area contributed by atoms with Crippen molar-refractivity contribution in [2.24, 2.45) is 46.3 Å². The molecule has 4 saturated carbocycles. The summed E-state index contributed by atoms with van der Waals surface area (Å²) in [5, 5.41) is 10.2. The quantitative estimate of drug-likeness (QED) is 0.503. The average molecular weight is 375 g/mol. The fourth-order valence-electron chi connectivity index (χ4n) is 8.76. The van der Waals surface area contributed by atoms with E-state index >= 15 is 0 Å². The number of hydrogen-bond acceptors (Lipinski definition) is 1. The van der Waals surface area contributed by atoms with Crippen LogP contribution in [0, 0.1) is 46.3 Å². The first-order valence-corrected chi connectivity index (χ1v) is 12.5. The molecule has 8 atom stereocenters. The molecule has 0 aromatic carbocycles. The monoisotopic (exact) mass is 374 g/mol. The van der Waals surface area contributed by atoms with E-state index in [1.54, 1.807) is 0 Å². The molecular formula is C26H46O. The van der Waals surface area contributed by atoms with Crippen LogP contribution in [0.2, 0.25) is 0 Å². The van der Waals surface area contributed by atoms with Crippen molar-refractivity contribution in [3.8, 4) is 0 Å². The number of aliphatic hydroxyl groups is 1. The minimum atomic E-state index is -0.00446. The standard InChI is InChI=1S/C26H46O/c1-18(2)7-5-6-8-19-10-12-23-22-11-9-20-17-21(27)13-15-26(20,4)24(22)14-16-25(19,23)3/h18-24,27H,5-17H2,1-4H3/t19?,20?,21?,22?,23?,24?,25?,26-/m0/s1. The largest absolute Gasteiger partial charge is 0.393 e. The van der Waals surface area contributed by atoms with Crippen molar-refractivity contribution in [3.63, 3.8) is 0 Å². The van der Waals surface area contributed by atoms with E-state index < -0.39 is 0 Å². The third-order valence-corrected chi connectivity index (χ3v) is 10.4. The lowest BCUT2D eigenvalue weighted by Crippen LogP contribution is -2.53. The van der Waals surface area contributed by atoms with Gasteiger partial charge in [0.2, 0.25) is 0 Å². The molecule has 0 spiro atoms. The van der Waals surface area contributed by atoms with Gasteiger partial charge in [-0.2, -0.15) is 0 Å². The van der Waals surface area contributed by atoms with Crippen LogP contribution < -0.4 is 0 Å². The van der Waals surface area contributed by atoms with Crippen molar-refractivity contribution in [3.05, 3.63) is 0 Å². The van der Waals surface area contributed by atoms with Gasteiger partial charge in [0.1, 0.15) is 0 Å². The second kappa shape index (κ2) is 7.66. The third-order valence-electron chi connectivity index (χ3n) is 10.4. The van der Waals surface area contributed by atoms with Crippen molar-refractivity contribution in [1.29, 1.82) is 0 Å². The molecule has 0 radical (unpaired) electrons. The van der Waals surface area contributed by atoms with Gasteiger partial charge < -0.3 is 5.11 Å². The van der Waals surface area contributed by atoms with Crippen LogP contribution >= 0.6 is 0 Å². The van der Waals surface area contributed by atoms with Gasteiger partial charge in [-0.25, -0.2) is 0 Å². The molecule has 0 heterocycles. The molecule has 1 nitrogen and oxygen atoms in total. The zero-order chi connectivity index (χ0) is 19.2. The summed E-state index contributed by atoms with van der Waals surface area (Å²) in [6.07, 6.45) is 18.2. The number of unbranched alkanes of at least 4 members (excludes halogenated alkanes) is 1. The van der Waals surface area contributed by atoms with Gasteiger partial charge in [-0.1, -0.05) is 47.0 Å². The van der Waals surface area contributed by atoms with Crippen molar-refractivity contribution in [1.82, 2.24) is 0 Å². The molecule has 4 rings (SSSR count). The topological polar surface area (TPSA) is 20.2 Å². The number of aliphatic hydroxyl groups excluding tert-OH is 1. The maximum absolute atomic E-state index is 10.2. The minimum absolute atomic E-state index is 0.00446. The summed E-state index contributed by atoms with van der Waals surface area (Å²) in [6, 6.07) is 0. The van der Waals surface area contributed by atoms with Crippen LogP contribution in [0.4, 0.5) is 0 Å². The molecular weight excluding hydrogens is 328 g/mol. The Kier molecular flexibility index (Phi) is 5.74. The Morgan fingerprint density at radius 1 is 0.852 bits per heavy atom. The maximum Gasteiger partial charge on any atom is 0.0543 e. The molecule has 7 unspecified atom stereocenters. The molecule has 0 amide bonds. The highest BCUT2D eigenvalue weighted by Crippen LogP contribution is 2.67. The van der Waals surface area contributed by atoms with E-state index in [2.05, 4.69) is 27.7 Å². The normalized spacial score (nSPS) is 49.6. The van der Waals surface area contributed by atoms with Crippen molar-refractivity contribution in [2.75, 3.05) is 0 Å². The molecule has 0 aromatic heterocycles. The molecule has 0 saturated heterocycles. The molecule has 0 bridgehead atoms. The van der Waals surface area contributed by atoms with Crippen LogP contribution in [0.3, 0.4) is 0 Å². The molecule has 0 aliphatic heterocycles. The molecule has 0 aromatic rings. The molecule has 1 heteroatoms. The Morgan fingerprint density at radius 2 is 1.59 bits per heavy atom. The van der Waals surface area contributed by atoms with E-state index in [1.165, 1.54) is 70.6 Å². The van der Waals surface area contributed by atoms with Gasteiger partial charge in [0.25, 0.3) is 0 Å². The van der Waals surface area contributed by atoms with E-state index in [9.17, 15) is 5.11 Å². The average Bonchev–Trinajstić information content (AvgIpc) is 2.96. The lowest BCUT2D eigenvalue weighted by atomic mass is 9.44. The maximum atomic E-state index is 10.2. The van der Waals surface area contributed by atoms with Crippen LogP contribution in [0.25, 0.3) is 0 Å². The highest BCUT2D eigenvalue weighted by molar-refractivity contribution is 5.09. The van der Waals surface area contributed by atoms with Crippen LogP contribution in [0.15, 0.2) is 0 Å². The molecule has 4 aliphatic carbocycles. The fourth-order valence-corrected chi connectivity index (χ4v) is 8.76. The van der Waals surface area contributed by atoms with Gasteiger partial charge in [-0.05, 0) is 111 Å². The Labute approximate surface area is 169 Å². The molecule has 4 aliphatic rings. The number of fused-ring (bicyclic) bond motifs is 5. The first-order valence-electron chi connectivity index (χ1n) is 12.5. The van der Waals surface area contributed by atoms with E-state index in [0.29, 0.717) is 10.8 Å². The van der Waals surface area contributed by atoms with E-state index in [1.807, 2.05) is 0 Å². The number of hydrogen-bond donors (Lipinski definition) is 1. The summed E-state index contributed by atoms with van der Waals surface area (Å²) in [6.45, 7) is 10.1. The van der Waals surface area contributed by atoms with Crippen LogP contribution in [0.5, 0.6) is 0 Å². The van der Waals surface area contributed by atoms with Gasteiger partial charge >= 0.3 is 0 Å². The first-order chi connectivity index (χ1) is 12.8. The molecule has 27 heavy (non-hydrogen) atoms. The van der Waals surface area contributed by atoms with Gasteiger partial charge in [-0.15, -0.1) is 0 Å². The number of rotatable bonds is 5. The Hall–Kier alpha value is -0.0400. The fraction of sp³-hybridized carbons (Fsp3) is 1.00. The van der Waals surface area contributed by atoms with Gasteiger partial charge in [0, 0.05) is 0 Å². The third kappa shape index (κ3) is 3.53. The smallest absolute Gasteiger partial charge is 0.0543 e. The van der Waals surface area contributed by atoms with Gasteiger partial charge in [-0.3, -0.25) is 0 Å². The van der Waals surface area contributed by atoms with Crippen LogP contribution in [-0.4, -0.2) is 11.2 Å². The first kappa shape index (κ1) is 20.2. The zero-order valence-corrected chi connectivity index (χ0v) is 18.7. The van der Waals surface area contributed by atoms with E-state index in [4.69, 9.17) is 0 Å². The van der Waals surface area contributed by atoms with Gasteiger partial charge in [0.15, 0.2) is 0 Å². The highest BCUT2D eigenvalue weighted by atomic mass is 16.3. The second-order valence-corrected chi connectivity index (χ2v) is 12.1. The Morgan fingerprint density at radius 3 is 2.37 bits per heavy atom. The molecule has 1 N–H and O–H groups in total. The summed E-state index contributed by atoms with van der Waals surface area (Å²) in [7, 11) is 0. The Bertz CT molecular complexity index is 512. The van der Waals surface area contributed by atoms with Crippen LogP contribution in [-0.2, 0) is 0 Å². The van der Waals surface area contributed by atoms with Crippen LogP contribution in [0.1, 0.15) is 111 Å². The Balaban J connectivity index is 1.43. The summed E-state index contributed by atoms with van der Waals surface area (Å²) >= 11 is 0. The highest BCUT2D eigenvalue weighted by Gasteiger charge is 2.59. The lowest BCUT2D eigenvalue weighted by Gasteiger charge is -2.61. The summed E-state index contributed by atoms with van der Waals surface area (Å²) < 4.78 is 0. The van der Waals surface area contributed by atoms with Crippen molar-refractivity contribution in [2.45, 2.75) is 117 Å².